The molecule has 3 heteroatoms. The number of hydrogen-bond donors (Lipinski definition) is 2. The van der Waals surface area contributed by atoms with Gasteiger partial charge < -0.3 is 10.4 Å². The lowest BCUT2D eigenvalue weighted by Crippen LogP contribution is -2.37. The summed E-state index contributed by atoms with van der Waals surface area (Å²) < 4.78 is 0. The molecule has 0 amide bonds. The Hall–Kier alpha value is -0.730. The highest BCUT2D eigenvalue weighted by Crippen LogP contribution is 2.27. The Morgan fingerprint density at radius 2 is 2.00 bits per heavy atom. The summed E-state index contributed by atoms with van der Waals surface area (Å²) in [5.74, 6) is 0.178. The van der Waals surface area contributed by atoms with Crippen LogP contribution < -0.4 is 5.32 Å². The Bertz CT molecular complexity index is 357. The minimum absolute atomic E-state index is 0.178. The molecule has 1 rings (SSSR count). The fourth-order valence-electron chi connectivity index (χ4n) is 1.27. The topological polar surface area (TPSA) is 32.3 Å². The summed E-state index contributed by atoms with van der Waals surface area (Å²) in [6.07, 6.45) is 0. The van der Waals surface area contributed by atoms with Crippen LogP contribution in [-0.4, -0.2) is 11.1 Å². The first kappa shape index (κ1) is 13.3. The normalized spacial score (nSPS) is 13.8. The molecule has 0 fully saturated rings. The van der Waals surface area contributed by atoms with Crippen LogP contribution in [0.15, 0.2) is 18.2 Å². The van der Waals surface area contributed by atoms with Crippen molar-refractivity contribution < 1.29 is 5.11 Å². The van der Waals surface area contributed by atoms with Crippen molar-refractivity contribution in [3.05, 3.63) is 28.8 Å². The molecule has 0 aliphatic carbocycles. The molecule has 90 valence electrons. The summed E-state index contributed by atoms with van der Waals surface area (Å²) in [6, 6.07) is 5.78. The number of halogens is 1. The van der Waals surface area contributed by atoms with Crippen molar-refractivity contribution >= 4 is 11.6 Å². The van der Waals surface area contributed by atoms with Crippen molar-refractivity contribution in [2.75, 3.05) is 0 Å². The third-order valence-corrected chi connectivity index (χ3v) is 3.27. The highest BCUT2D eigenvalue weighted by molar-refractivity contribution is 6.32. The predicted octanol–water partition coefficient (Wildman–Crippen LogP) is 3.57. The molecule has 0 aliphatic rings. The van der Waals surface area contributed by atoms with Crippen LogP contribution in [0, 0.1) is 5.41 Å². The number of benzene rings is 1. The van der Waals surface area contributed by atoms with Gasteiger partial charge in [-0.05, 0) is 18.4 Å². The molecule has 1 aromatic carbocycles. The minimum atomic E-state index is 0.178. The second kappa shape index (κ2) is 5.07. The maximum Gasteiger partial charge on any atom is 0.138 e. The SMILES string of the molecule is CC(NCc1cccc(Cl)c1O)C(C)(C)C. The van der Waals surface area contributed by atoms with Gasteiger partial charge in [-0.15, -0.1) is 0 Å². The van der Waals surface area contributed by atoms with Crippen LogP contribution in [0.25, 0.3) is 0 Å². The number of rotatable bonds is 3. The van der Waals surface area contributed by atoms with E-state index in [0.29, 0.717) is 17.6 Å². The molecular formula is C13H20ClNO. The minimum Gasteiger partial charge on any atom is -0.506 e. The van der Waals surface area contributed by atoms with Gasteiger partial charge in [0.05, 0.1) is 5.02 Å². The molecule has 2 N–H and O–H groups in total. The van der Waals surface area contributed by atoms with Gasteiger partial charge in [-0.1, -0.05) is 44.5 Å². The van der Waals surface area contributed by atoms with Gasteiger partial charge >= 0.3 is 0 Å². The summed E-state index contributed by atoms with van der Waals surface area (Å²) in [4.78, 5) is 0. The van der Waals surface area contributed by atoms with E-state index in [1.807, 2.05) is 12.1 Å². The fourth-order valence-corrected chi connectivity index (χ4v) is 1.47. The summed E-state index contributed by atoms with van der Waals surface area (Å²) in [5, 5.41) is 13.5. The van der Waals surface area contributed by atoms with Gasteiger partial charge in [0.25, 0.3) is 0 Å². The Morgan fingerprint density at radius 1 is 1.38 bits per heavy atom. The summed E-state index contributed by atoms with van der Waals surface area (Å²) in [6.45, 7) is 9.32. The van der Waals surface area contributed by atoms with Crippen molar-refractivity contribution in [1.29, 1.82) is 0 Å². The lowest BCUT2D eigenvalue weighted by Gasteiger charge is -2.28. The molecule has 0 bridgehead atoms. The summed E-state index contributed by atoms with van der Waals surface area (Å²) in [5.41, 5.74) is 1.04. The fraction of sp³-hybridized carbons (Fsp3) is 0.538. The first-order chi connectivity index (χ1) is 7.32. The van der Waals surface area contributed by atoms with Crippen LogP contribution in [0.5, 0.6) is 5.75 Å². The highest BCUT2D eigenvalue weighted by atomic mass is 35.5. The molecule has 0 spiro atoms. The van der Waals surface area contributed by atoms with E-state index in [9.17, 15) is 5.11 Å². The maximum absolute atomic E-state index is 9.74. The number of phenols is 1. The van der Waals surface area contributed by atoms with Crippen molar-refractivity contribution in [3.63, 3.8) is 0 Å². The molecule has 1 aromatic rings. The first-order valence-electron chi connectivity index (χ1n) is 5.52. The standard InChI is InChI=1S/C13H20ClNO/c1-9(13(2,3)4)15-8-10-6-5-7-11(14)12(10)16/h5-7,9,15-16H,8H2,1-4H3. The number of hydrogen-bond acceptors (Lipinski definition) is 2. The summed E-state index contributed by atoms with van der Waals surface area (Å²) in [7, 11) is 0. The zero-order valence-corrected chi connectivity index (χ0v) is 11.1. The smallest absolute Gasteiger partial charge is 0.138 e. The molecule has 0 saturated carbocycles. The van der Waals surface area contributed by atoms with E-state index in [-0.39, 0.29) is 11.2 Å². The number of para-hydroxylation sites is 1. The van der Waals surface area contributed by atoms with Crippen molar-refractivity contribution in [3.8, 4) is 5.75 Å². The lowest BCUT2D eigenvalue weighted by atomic mass is 9.88. The second-order valence-corrected chi connectivity index (χ2v) is 5.62. The largest absolute Gasteiger partial charge is 0.506 e. The monoisotopic (exact) mass is 241 g/mol. The average molecular weight is 242 g/mol. The van der Waals surface area contributed by atoms with Crippen molar-refractivity contribution in [2.45, 2.75) is 40.3 Å². The van der Waals surface area contributed by atoms with Gasteiger partial charge in [-0.2, -0.15) is 0 Å². The Balaban J connectivity index is 2.65. The zero-order chi connectivity index (χ0) is 12.3. The predicted molar refractivity (Wildman–Crippen MR) is 68.9 cm³/mol. The van der Waals surface area contributed by atoms with E-state index >= 15 is 0 Å². The molecule has 1 atom stereocenters. The summed E-state index contributed by atoms with van der Waals surface area (Å²) >= 11 is 5.84. The van der Waals surface area contributed by atoms with Crippen LogP contribution in [-0.2, 0) is 6.54 Å². The van der Waals surface area contributed by atoms with E-state index in [4.69, 9.17) is 11.6 Å². The third-order valence-electron chi connectivity index (χ3n) is 2.97. The molecule has 0 saturated heterocycles. The number of phenolic OH excluding ortho intramolecular Hbond substituents is 1. The zero-order valence-electron chi connectivity index (χ0n) is 10.3. The first-order valence-corrected chi connectivity index (χ1v) is 5.90. The Morgan fingerprint density at radius 3 is 2.56 bits per heavy atom. The molecule has 2 nitrogen and oxygen atoms in total. The molecular weight excluding hydrogens is 222 g/mol. The van der Waals surface area contributed by atoms with E-state index in [0.717, 1.165) is 5.56 Å². The van der Waals surface area contributed by atoms with Crippen LogP contribution in [0.4, 0.5) is 0 Å². The molecule has 0 heterocycles. The Kier molecular flexibility index (Phi) is 4.22. The van der Waals surface area contributed by atoms with Gasteiger partial charge in [-0.3, -0.25) is 0 Å². The molecule has 1 unspecified atom stereocenters. The average Bonchev–Trinajstić information content (AvgIpc) is 2.18. The van der Waals surface area contributed by atoms with E-state index < -0.39 is 0 Å². The quantitative estimate of drug-likeness (QED) is 0.848. The van der Waals surface area contributed by atoms with E-state index in [2.05, 4.69) is 33.0 Å². The van der Waals surface area contributed by atoms with Crippen LogP contribution in [0.3, 0.4) is 0 Å². The number of nitrogens with one attached hydrogen (secondary N) is 1. The second-order valence-electron chi connectivity index (χ2n) is 5.22. The Labute approximate surface area is 103 Å². The van der Waals surface area contributed by atoms with Gasteiger partial charge in [0, 0.05) is 18.2 Å². The van der Waals surface area contributed by atoms with Crippen molar-refractivity contribution in [1.82, 2.24) is 5.32 Å². The van der Waals surface area contributed by atoms with Gasteiger partial charge in [0.2, 0.25) is 0 Å². The van der Waals surface area contributed by atoms with Crippen LogP contribution in [0.2, 0.25) is 5.02 Å². The molecule has 0 aromatic heterocycles. The van der Waals surface area contributed by atoms with Gasteiger partial charge in [0.1, 0.15) is 5.75 Å². The maximum atomic E-state index is 9.74. The van der Waals surface area contributed by atoms with Gasteiger partial charge in [-0.25, -0.2) is 0 Å². The van der Waals surface area contributed by atoms with Crippen LogP contribution in [0.1, 0.15) is 33.3 Å². The number of aromatic hydroxyl groups is 1. The highest BCUT2D eigenvalue weighted by Gasteiger charge is 2.19. The lowest BCUT2D eigenvalue weighted by molar-refractivity contribution is 0.284. The molecule has 0 aliphatic heterocycles. The van der Waals surface area contributed by atoms with E-state index in [1.165, 1.54) is 0 Å². The molecule has 0 radical (unpaired) electrons. The van der Waals surface area contributed by atoms with Crippen LogP contribution >= 0.6 is 11.6 Å². The van der Waals surface area contributed by atoms with E-state index in [1.54, 1.807) is 6.07 Å². The molecule has 16 heavy (non-hydrogen) atoms. The third kappa shape index (κ3) is 3.39. The van der Waals surface area contributed by atoms with Crippen molar-refractivity contribution in [2.24, 2.45) is 5.41 Å². The van der Waals surface area contributed by atoms with Gasteiger partial charge in [0.15, 0.2) is 0 Å².